The molecule has 2 nitrogen and oxygen atoms in total. The zero-order chi connectivity index (χ0) is 10.1. The zero-order valence-corrected chi connectivity index (χ0v) is 10.1. The molecule has 13 heavy (non-hydrogen) atoms. The van der Waals surface area contributed by atoms with Gasteiger partial charge in [0.15, 0.2) is 0 Å². The summed E-state index contributed by atoms with van der Waals surface area (Å²) in [5.41, 5.74) is 0. The predicted octanol–water partition coefficient (Wildman–Crippen LogP) is 1.95. The molecule has 0 aliphatic rings. The summed E-state index contributed by atoms with van der Waals surface area (Å²) in [5.74, 6) is 0. The van der Waals surface area contributed by atoms with E-state index in [-0.39, 0.29) is 12.2 Å². The highest BCUT2D eigenvalue weighted by Gasteiger charge is 2.04. The van der Waals surface area contributed by atoms with E-state index in [0.717, 1.165) is 12.8 Å². The van der Waals surface area contributed by atoms with E-state index >= 15 is 0 Å². The topological polar surface area (TPSA) is 18.5 Å². The van der Waals surface area contributed by atoms with Crippen LogP contribution in [0.2, 0.25) is 0 Å². The fourth-order valence-electron chi connectivity index (χ4n) is 0.919. The molecule has 2 unspecified atom stereocenters. The van der Waals surface area contributed by atoms with Gasteiger partial charge in [0.1, 0.15) is 0 Å². The number of rotatable bonds is 8. The molecule has 76 valence electrons. The Labute approximate surface area is 83.7 Å². The van der Waals surface area contributed by atoms with Crippen LogP contribution >= 0.6 is 0 Å². The first-order valence-electron chi connectivity index (χ1n) is 4.76. The lowest BCUT2D eigenvalue weighted by Crippen LogP contribution is -2.19. The minimum Gasteiger partial charge on any atom is -0.392 e. The summed E-state index contributed by atoms with van der Waals surface area (Å²) in [7, 11) is -0.870. The van der Waals surface area contributed by atoms with Crippen LogP contribution < -0.4 is 0 Å². The van der Waals surface area contributed by atoms with Gasteiger partial charge in [0, 0.05) is 0 Å². The van der Waals surface area contributed by atoms with Crippen molar-refractivity contribution in [3.8, 4) is 0 Å². The SMILES string of the molecule is C=CC(CC)O[SiH2]OC(C=C)CC. The maximum absolute atomic E-state index is 5.53. The molecular weight excluding hydrogens is 180 g/mol. The van der Waals surface area contributed by atoms with Crippen molar-refractivity contribution in [2.45, 2.75) is 38.9 Å². The van der Waals surface area contributed by atoms with E-state index in [1.54, 1.807) is 0 Å². The summed E-state index contributed by atoms with van der Waals surface area (Å²) in [6.07, 6.45) is 5.90. The van der Waals surface area contributed by atoms with E-state index in [0.29, 0.717) is 0 Å². The molecule has 0 fully saturated rings. The smallest absolute Gasteiger partial charge is 0.305 e. The lowest BCUT2D eigenvalue weighted by Gasteiger charge is -2.15. The van der Waals surface area contributed by atoms with Gasteiger partial charge >= 0.3 is 10.0 Å². The van der Waals surface area contributed by atoms with Gasteiger partial charge in [-0.3, -0.25) is 0 Å². The second kappa shape index (κ2) is 8.23. The number of hydrogen-bond donors (Lipinski definition) is 0. The first-order chi connectivity index (χ1) is 6.28. The van der Waals surface area contributed by atoms with E-state index in [4.69, 9.17) is 8.85 Å². The minimum absolute atomic E-state index is 0.161. The fraction of sp³-hybridized carbons (Fsp3) is 0.600. The highest BCUT2D eigenvalue weighted by Crippen LogP contribution is 2.01. The van der Waals surface area contributed by atoms with Crippen LogP contribution in [-0.4, -0.2) is 22.2 Å². The van der Waals surface area contributed by atoms with Gasteiger partial charge in [0.05, 0.1) is 12.2 Å². The highest BCUT2D eigenvalue weighted by molar-refractivity contribution is 6.18. The van der Waals surface area contributed by atoms with Crippen LogP contribution in [0.4, 0.5) is 0 Å². The third-order valence-electron chi connectivity index (χ3n) is 1.89. The van der Waals surface area contributed by atoms with Crippen molar-refractivity contribution in [3.05, 3.63) is 25.3 Å². The Kier molecular flexibility index (Phi) is 7.98. The molecular formula is C10H20O2Si. The van der Waals surface area contributed by atoms with E-state index in [1.165, 1.54) is 0 Å². The van der Waals surface area contributed by atoms with E-state index < -0.39 is 10.0 Å². The summed E-state index contributed by atoms with van der Waals surface area (Å²) in [6, 6.07) is 0. The maximum atomic E-state index is 5.53. The summed E-state index contributed by atoms with van der Waals surface area (Å²) in [4.78, 5) is 0. The minimum atomic E-state index is -0.870. The molecule has 0 N–H and O–H groups in total. The summed E-state index contributed by atoms with van der Waals surface area (Å²) in [6.45, 7) is 11.5. The van der Waals surface area contributed by atoms with E-state index in [1.807, 2.05) is 12.2 Å². The van der Waals surface area contributed by atoms with E-state index in [9.17, 15) is 0 Å². The van der Waals surface area contributed by atoms with Gasteiger partial charge in [-0.2, -0.15) is 0 Å². The highest BCUT2D eigenvalue weighted by atomic mass is 28.3. The Morgan fingerprint density at radius 1 is 1.08 bits per heavy atom. The summed E-state index contributed by atoms with van der Waals surface area (Å²) < 4.78 is 11.1. The number of hydrogen-bond acceptors (Lipinski definition) is 2. The molecule has 0 radical (unpaired) electrons. The van der Waals surface area contributed by atoms with Crippen LogP contribution in [0.15, 0.2) is 25.3 Å². The van der Waals surface area contributed by atoms with Crippen molar-refractivity contribution in [1.82, 2.24) is 0 Å². The van der Waals surface area contributed by atoms with Crippen molar-refractivity contribution in [2.75, 3.05) is 0 Å². The Hall–Kier alpha value is -0.383. The van der Waals surface area contributed by atoms with Gasteiger partial charge in [-0.1, -0.05) is 26.0 Å². The van der Waals surface area contributed by atoms with Gasteiger partial charge in [0.2, 0.25) is 0 Å². The van der Waals surface area contributed by atoms with Gasteiger partial charge in [-0.25, -0.2) is 0 Å². The summed E-state index contributed by atoms with van der Waals surface area (Å²) >= 11 is 0. The molecule has 2 atom stereocenters. The molecule has 0 bridgehead atoms. The molecule has 0 amide bonds. The molecule has 0 aromatic carbocycles. The molecule has 0 aromatic rings. The third kappa shape index (κ3) is 5.79. The van der Waals surface area contributed by atoms with Crippen LogP contribution in [0.5, 0.6) is 0 Å². The molecule has 0 aromatic heterocycles. The van der Waals surface area contributed by atoms with Crippen molar-refractivity contribution < 1.29 is 8.85 Å². The lowest BCUT2D eigenvalue weighted by molar-refractivity contribution is 0.156. The van der Waals surface area contributed by atoms with Gasteiger partial charge in [-0.15, -0.1) is 13.2 Å². The standard InChI is InChI=1S/C10H20O2Si/c1-5-9(6-2)11-13-12-10(7-3)8-4/h5,7,9-10H,1,3,6,8,13H2,2,4H3. The first kappa shape index (κ1) is 12.6. The predicted molar refractivity (Wildman–Crippen MR) is 59.3 cm³/mol. The first-order valence-corrected chi connectivity index (χ1v) is 5.92. The van der Waals surface area contributed by atoms with Crippen molar-refractivity contribution >= 4 is 10.0 Å². The maximum Gasteiger partial charge on any atom is 0.305 e. The zero-order valence-electron chi connectivity index (χ0n) is 8.66. The van der Waals surface area contributed by atoms with Crippen LogP contribution in [0.25, 0.3) is 0 Å². The Morgan fingerprint density at radius 3 is 1.69 bits per heavy atom. The molecule has 0 heterocycles. The average Bonchev–Trinajstić information content (AvgIpc) is 2.19. The largest absolute Gasteiger partial charge is 0.392 e. The summed E-state index contributed by atoms with van der Waals surface area (Å²) in [5, 5.41) is 0. The van der Waals surface area contributed by atoms with Gasteiger partial charge in [-0.05, 0) is 12.8 Å². The Bertz CT molecular complexity index is 132. The van der Waals surface area contributed by atoms with Crippen molar-refractivity contribution in [3.63, 3.8) is 0 Å². The Morgan fingerprint density at radius 2 is 1.46 bits per heavy atom. The molecule has 3 heteroatoms. The van der Waals surface area contributed by atoms with Crippen LogP contribution in [0.1, 0.15) is 26.7 Å². The van der Waals surface area contributed by atoms with Gasteiger partial charge < -0.3 is 8.85 Å². The normalized spacial score (nSPS) is 15.8. The van der Waals surface area contributed by atoms with Crippen LogP contribution in [-0.2, 0) is 8.85 Å². The van der Waals surface area contributed by atoms with Crippen molar-refractivity contribution in [2.24, 2.45) is 0 Å². The second-order valence-corrected chi connectivity index (χ2v) is 3.72. The molecule has 0 aliphatic heterocycles. The average molecular weight is 200 g/mol. The molecule has 0 aliphatic carbocycles. The quantitative estimate of drug-likeness (QED) is 0.440. The molecule has 0 spiro atoms. The van der Waals surface area contributed by atoms with Gasteiger partial charge in [0.25, 0.3) is 0 Å². The molecule has 0 rings (SSSR count). The monoisotopic (exact) mass is 200 g/mol. The Balaban J connectivity index is 3.52. The van der Waals surface area contributed by atoms with Crippen molar-refractivity contribution in [1.29, 1.82) is 0 Å². The third-order valence-corrected chi connectivity index (χ3v) is 3.02. The second-order valence-electron chi connectivity index (χ2n) is 2.82. The fourth-order valence-corrected chi connectivity index (χ4v) is 2.09. The van der Waals surface area contributed by atoms with Crippen LogP contribution in [0.3, 0.4) is 0 Å². The van der Waals surface area contributed by atoms with E-state index in [2.05, 4.69) is 27.0 Å². The molecule has 0 saturated carbocycles. The lowest BCUT2D eigenvalue weighted by atomic mass is 10.3. The molecule has 0 saturated heterocycles. The van der Waals surface area contributed by atoms with Crippen LogP contribution in [0, 0.1) is 0 Å².